The number of sulfonamides is 1. The van der Waals surface area contributed by atoms with Crippen LogP contribution in [0.1, 0.15) is 25.8 Å². The van der Waals surface area contributed by atoms with Crippen LogP contribution in [0.5, 0.6) is 0 Å². The molecular formula is C21H26Cl2N2O4S. The second kappa shape index (κ2) is 11.0. The van der Waals surface area contributed by atoms with Gasteiger partial charge in [0.1, 0.15) is 6.54 Å². The standard InChI is InChI=1S/C21H26Cl2N2O4S/c1-15(2)29-13-5-12-24-20(26)14-25(19-7-4-6-18(22)21(19)23)30(27,28)17-10-8-16(3)9-11-17/h4,6-11,15H,5,12-14H2,1-3H3,(H,24,26). The van der Waals surface area contributed by atoms with Crippen molar-refractivity contribution in [2.45, 2.75) is 38.2 Å². The molecule has 0 aliphatic carbocycles. The second-order valence-corrected chi connectivity index (χ2v) is 9.67. The fraction of sp³-hybridized carbons (Fsp3) is 0.381. The van der Waals surface area contributed by atoms with Gasteiger partial charge in [0.2, 0.25) is 5.91 Å². The van der Waals surface area contributed by atoms with Gasteiger partial charge in [-0.25, -0.2) is 8.42 Å². The molecule has 2 aromatic rings. The SMILES string of the molecule is Cc1ccc(S(=O)(=O)N(CC(=O)NCCCOC(C)C)c2cccc(Cl)c2Cl)cc1. The van der Waals surface area contributed by atoms with Crippen LogP contribution in [0.4, 0.5) is 5.69 Å². The monoisotopic (exact) mass is 472 g/mol. The first kappa shape index (κ1) is 24.5. The van der Waals surface area contributed by atoms with Crippen LogP contribution >= 0.6 is 23.2 Å². The summed E-state index contributed by atoms with van der Waals surface area (Å²) in [6.45, 7) is 6.17. The average Bonchev–Trinajstić information content (AvgIpc) is 2.68. The summed E-state index contributed by atoms with van der Waals surface area (Å²) in [4.78, 5) is 12.6. The van der Waals surface area contributed by atoms with Gasteiger partial charge in [0.15, 0.2) is 0 Å². The van der Waals surface area contributed by atoms with E-state index in [9.17, 15) is 13.2 Å². The molecule has 0 saturated carbocycles. The number of amides is 1. The van der Waals surface area contributed by atoms with Gasteiger partial charge in [0.05, 0.1) is 26.7 Å². The number of hydrogen-bond acceptors (Lipinski definition) is 4. The third-order valence-electron chi connectivity index (χ3n) is 4.19. The van der Waals surface area contributed by atoms with Crippen molar-refractivity contribution in [3.8, 4) is 0 Å². The first-order valence-electron chi connectivity index (χ1n) is 9.54. The summed E-state index contributed by atoms with van der Waals surface area (Å²) < 4.78 is 33.1. The van der Waals surface area contributed by atoms with E-state index in [2.05, 4.69) is 5.32 Å². The van der Waals surface area contributed by atoms with E-state index in [1.54, 1.807) is 24.3 Å². The van der Waals surface area contributed by atoms with Gasteiger partial charge in [0, 0.05) is 13.2 Å². The lowest BCUT2D eigenvalue weighted by Crippen LogP contribution is -2.41. The summed E-state index contributed by atoms with van der Waals surface area (Å²) in [6.07, 6.45) is 0.729. The van der Waals surface area contributed by atoms with Crippen LogP contribution in [-0.2, 0) is 19.6 Å². The van der Waals surface area contributed by atoms with E-state index in [-0.39, 0.29) is 26.7 Å². The van der Waals surface area contributed by atoms with Gasteiger partial charge in [-0.3, -0.25) is 9.10 Å². The summed E-state index contributed by atoms with van der Waals surface area (Å²) in [6, 6.07) is 11.0. The summed E-state index contributed by atoms with van der Waals surface area (Å²) >= 11 is 12.4. The van der Waals surface area contributed by atoms with Crippen LogP contribution in [0.15, 0.2) is 47.4 Å². The van der Waals surface area contributed by atoms with E-state index in [4.69, 9.17) is 27.9 Å². The maximum absolute atomic E-state index is 13.3. The van der Waals surface area contributed by atoms with Crippen molar-refractivity contribution >= 4 is 44.8 Å². The van der Waals surface area contributed by atoms with Crippen molar-refractivity contribution in [1.82, 2.24) is 5.32 Å². The van der Waals surface area contributed by atoms with Crippen LogP contribution in [-0.4, -0.2) is 40.1 Å². The van der Waals surface area contributed by atoms with Crippen molar-refractivity contribution in [2.75, 3.05) is 24.0 Å². The molecule has 0 heterocycles. The number of carbonyl (C=O) groups is 1. The molecule has 0 saturated heterocycles. The largest absolute Gasteiger partial charge is 0.379 e. The van der Waals surface area contributed by atoms with E-state index in [0.29, 0.717) is 19.6 Å². The molecule has 1 amide bonds. The Hall–Kier alpha value is -1.80. The summed E-state index contributed by atoms with van der Waals surface area (Å²) in [5, 5.41) is 2.98. The molecule has 6 nitrogen and oxygen atoms in total. The quantitative estimate of drug-likeness (QED) is 0.518. The second-order valence-electron chi connectivity index (χ2n) is 7.02. The Kier molecular flexibility index (Phi) is 8.97. The van der Waals surface area contributed by atoms with Gasteiger partial charge < -0.3 is 10.1 Å². The van der Waals surface area contributed by atoms with Crippen molar-refractivity contribution < 1.29 is 17.9 Å². The number of nitrogens with zero attached hydrogens (tertiary/aromatic N) is 1. The average molecular weight is 473 g/mol. The van der Waals surface area contributed by atoms with Gasteiger partial charge in [0.25, 0.3) is 10.0 Å². The van der Waals surface area contributed by atoms with Crippen molar-refractivity contribution in [3.63, 3.8) is 0 Å². The zero-order chi connectivity index (χ0) is 22.3. The summed E-state index contributed by atoms with van der Waals surface area (Å²) in [5.74, 6) is -0.453. The van der Waals surface area contributed by atoms with Gasteiger partial charge >= 0.3 is 0 Å². The Bertz CT molecular complexity index is 963. The molecule has 2 rings (SSSR count). The highest BCUT2D eigenvalue weighted by Gasteiger charge is 2.29. The van der Waals surface area contributed by atoms with Crippen LogP contribution < -0.4 is 9.62 Å². The topological polar surface area (TPSA) is 75.7 Å². The lowest BCUT2D eigenvalue weighted by molar-refractivity contribution is -0.119. The first-order chi connectivity index (χ1) is 14.1. The predicted molar refractivity (Wildman–Crippen MR) is 121 cm³/mol. The molecule has 164 valence electrons. The molecule has 0 aliphatic rings. The van der Waals surface area contributed by atoms with Crippen LogP contribution in [0.2, 0.25) is 10.0 Å². The van der Waals surface area contributed by atoms with Crippen LogP contribution in [0.25, 0.3) is 0 Å². The van der Waals surface area contributed by atoms with E-state index < -0.39 is 22.5 Å². The third-order valence-corrected chi connectivity index (χ3v) is 6.77. The molecule has 30 heavy (non-hydrogen) atoms. The molecular weight excluding hydrogens is 447 g/mol. The summed E-state index contributed by atoms with van der Waals surface area (Å²) in [5.41, 5.74) is 1.06. The number of anilines is 1. The number of aryl methyl sites for hydroxylation is 1. The van der Waals surface area contributed by atoms with Gasteiger partial charge in [-0.15, -0.1) is 0 Å². The molecule has 2 aromatic carbocycles. The fourth-order valence-electron chi connectivity index (χ4n) is 2.63. The molecule has 0 radical (unpaired) electrons. The molecule has 0 aromatic heterocycles. The first-order valence-corrected chi connectivity index (χ1v) is 11.7. The fourth-order valence-corrected chi connectivity index (χ4v) is 4.51. The van der Waals surface area contributed by atoms with Crippen molar-refractivity contribution in [3.05, 3.63) is 58.1 Å². The maximum atomic E-state index is 13.3. The summed E-state index contributed by atoms with van der Waals surface area (Å²) in [7, 11) is -4.05. The lowest BCUT2D eigenvalue weighted by Gasteiger charge is -2.25. The smallest absolute Gasteiger partial charge is 0.264 e. The highest BCUT2D eigenvalue weighted by atomic mass is 35.5. The molecule has 0 bridgehead atoms. The Morgan fingerprint density at radius 3 is 2.43 bits per heavy atom. The van der Waals surface area contributed by atoms with Gasteiger partial charge in [-0.2, -0.15) is 0 Å². The molecule has 1 N–H and O–H groups in total. The van der Waals surface area contributed by atoms with Crippen LogP contribution in [0.3, 0.4) is 0 Å². The Labute approximate surface area is 188 Å². The van der Waals surface area contributed by atoms with Crippen molar-refractivity contribution in [1.29, 1.82) is 0 Å². The third kappa shape index (κ3) is 6.60. The number of rotatable bonds is 10. The molecule has 0 atom stereocenters. The molecule has 0 spiro atoms. The van der Waals surface area contributed by atoms with Gasteiger partial charge in [-0.1, -0.05) is 47.0 Å². The van der Waals surface area contributed by atoms with Gasteiger partial charge in [-0.05, 0) is 51.5 Å². The Balaban J connectivity index is 2.25. The van der Waals surface area contributed by atoms with Crippen molar-refractivity contribution in [2.24, 2.45) is 0 Å². The molecule has 0 aliphatic heterocycles. The molecule has 0 unspecified atom stereocenters. The normalized spacial score (nSPS) is 11.5. The van der Waals surface area contributed by atoms with E-state index >= 15 is 0 Å². The van der Waals surface area contributed by atoms with E-state index in [1.807, 2.05) is 20.8 Å². The number of nitrogens with one attached hydrogen (secondary N) is 1. The minimum Gasteiger partial charge on any atom is -0.379 e. The highest BCUT2D eigenvalue weighted by molar-refractivity contribution is 7.92. The Morgan fingerprint density at radius 1 is 1.13 bits per heavy atom. The molecule has 9 heteroatoms. The number of ether oxygens (including phenoxy) is 1. The maximum Gasteiger partial charge on any atom is 0.264 e. The number of halogens is 2. The predicted octanol–water partition coefficient (Wildman–Crippen LogP) is 4.43. The number of carbonyl (C=O) groups excluding carboxylic acids is 1. The minimum atomic E-state index is -4.05. The van der Waals surface area contributed by atoms with E-state index in [0.717, 1.165) is 9.87 Å². The molecule has 0 fully saturated rings. The highest BCUT2D eigenvalue weighted by Crippen LogP contribution is 2.35. The number of benzene rings is 2. The zero-order valence-electron chi connectivity index (χ0n) is 17.2. The Morgan fingerprint density at radius 2 is 1.80 bits per heavy atom. The van der Waals surface area contributed by atoms with E-state index in [1.165, 1.54) is 18.2 Å². The number of hydrogen-bond donors (Lipinski definition) is 1. The lowest BCUT2D eigenvalue weighted by atomic mass is 10.2. The zero-order valence-corrected chi connectivity index (χ0v) is 19.5. The minimum absolute atomic E-state index is 0.0577. The van der Waals surface area contributed by atoms with Crippen LogP contribution in [0, 0.1) is 6.92 Å².